The smallest absolute Gasteiger partial charge is 0.809 e. The van der Waals surface area contributed by atoms with Gasteiger partial charge in [0.2, 0.25) is 30.4 Å². The Hall–Kier alpha value is 1.50. The second kappa shape index (κ2) is 27.2. The normalized spacial score (nSPS) is 18.2. The summed E-state index contributed by atoms with van der Waals surface area (Å²) in [5, 5.41) is 33.6. The van der Waals surface area contributed by atoms with Crippen LogP contribution in [0.4, 0.5) is 0 Å². The van der Waals surface area contributed by atoms with E-state index in [9.17, 15) is 95.2 Å². The molecule has 0 saturated carbocycles. The van der Waals surface area contributed by atoms with Gasteiger partial charge in [-0.2, -0.15) is 0 Å². The van der Waals surface area contributed by atoms with Crippen LogP contribution in [0.3, 0.4) is 0 Å². The van der Waals surface area contributed by atoms with Crippen molar-refractivity contribution in [2.24, 2.45) is 0 Å². The first kappa shape index (κ1) is 67.3. The molecule has 0 radical (unpaired) electrons. The summed E-state index contributed by atoms with van der Waals surface area (Å²) >= 11 is 0. The zero-order chi connectivity index (χ0) is 40.0. The summed E-state index contributed by atoms with van der Waals surface area (Å²) in [5.41, 5.74) is -12.3. The second-order valence-electron chi connectivity index (χ2n) is 6.79. The van der Waals surface area contributed by atoms with E-state index in [0.717, 1.165) is 0 Å². The fraction of sp³-hybridized carbons (Fsp3) is 0.333. The quantitative estimate of drug-likeness (QED) is 0.0634. The first-order valence-corrected chi connectivity index (χ1v) is 23.0. The van der Waals surface area contributed by atoms with Crippen LogP contribution in [0.1, 0.15) is 0 Å². The van der Waals surface area contributed by atoms with Crippen molar-refractivity contribution in [3.8, 4) is 0 Å². The van der Waals surface area contributed by atoms with E-state index in [-0.39, 0.29) is 65.2 Å². The maximum Gasteiger partial charge on any atom is 4.00 e. The minimum Gasteiger partial charge on any atom is -0.809 e. The standard InChI is InChI=1S/4C3H8O7P2.3Ti/c4*1-2-10-12(8,9)3(4)11(5,6)7;;;/h4*2-4H,1H2,(H,8,9)(H2,5,6,7);;;/q;;;;3*+4/p-12. The monoisotopic (exact) mass is 1000 g/mol. The SMILES string of the molecule is C=COP(=O)([O-])C(O)P(=O)([O-])[O-].C=COP(=O)([O-])C(O)P(=O)([O-])[O-].C=COP(=O)([O-])C(O)P(=O)([O-])[O-].C=COP(=O)([O-])C(O)P(=O)([O-])[O-].[Ti+4].[Ti+4].[Ti+4]. The van der Waals surface area contributed by atoms with Gasteiger partial charge in [-0.3, -0.25) is 18.3 Å². The molecule has 0 saturated heterocycles. The predicted molar refractivity (Wildman–Crippen MR) is 130 cm³/mol. The van der Waals surface area contributed by atoms with E-state index in [0.29, 0.717) is 25.0 Å². The first-order chi connectivity index (χ1) is 20.9. The fourth-order valence-corrected chi connectivity index (χ4v) is 8.79. The van der Waals surface area contributed by atoms with Crippen LogP contribution in [0.2, 0.25) is 0 Å². The molecule has 4 N–H and O–H groups in total. The Morgan fingerprint density at radius 2 is 0.451 bits per heavy atom. The van der Waals surface area contributed by atoms with Gasteiger partial charge in [-0.25, -0.2) is 0 Å². The van der Waals surface area contributed by atoms with Gasteiger partial charge in [0.15, 0.2) is 22.3 Å². The zero-order valence-corrected chi connectivity index (χ0v) is 36.0. The third kappa shape index (κ3) is 29.4. The molecule has 28 nitrogen and oxygen atoms in total. The number of aliphatic hydroxyl groups excluding tert-OH is 4. The molecule has 0 aromatic carbocycles. The van der Waals surface area contributed by atoms with E-state index >= 15 is 0 Å². The Kier molecular flexibility index (Phi) is 35.9. The minimum absolute atomic E-state index is 0. The molecule has 0 bridgehead atoms. The van der Waals surface area contributed by atoms with Gasteiger partial charge >= 0.3 is 65.2 Å². The van der Waals surface area contributed by atoms with E-state index in [4.69, 9.17) is 20.4 Å². The average molecular weight is 1000 g/mol. The van der Waals surface area contributed by atoms with Gasteiger partial charge in [-0.05, 0) is 30.4 Å². The summed E-state index contributed by atoms with van der Waals surface area (Å²) in [5.74, 6) is 0. The van der Waals surface area contributed by atoms with E-state index in [1.807, 2.05) is 0 Å². The van der Waals surface area contributed by atoms with Crippen LogP contribution in [0.5, 0.6) is 0 Å². The number of rotatable bonds is 16. The molecule has 0 rings (SSSR count). The van der Waals surface area contributed by atoms with Crippen LogP contribution in [-0.2, 0) is 120 Å². The van der Waals surface area contributed by atoms with Gasteiger partial charge in [0.1, 0.15) is 0 Å². The molecule has 0 spiro atoms. The minimum atomic E-state index is -5.60. The summed E-state index contributed by atoms with van der Waals surface area (Å²) in [6.45, 7) is 11.2. The van der Waals surface area contributed by atoms with Crippen molar-refractivity contribution in [3.05, 3.63) is 51.4 Å². The predicted octanol–water partition coefficient (Wildman–Crippen LogP) is -8.45. The van der Waals surface area contributed by atoms with E-state index in [1.165, 1.54) is 0 Å². The molecular formula is C12H20O28P8Ti3. The summed E-state index contributed by atoms with van der Waals surface area (Å²) in [6, 6.07) is 0. The molecule has 8 atom stereocenters. The van der Waals surface area contributed by atoms with Crippen LogP contribution in [0, 0.1) is 0 Å². The van der Waals surface area contributed by atoms with Gasteiger partial charge in [0, 0.05) is 0 Å². The Morgan fingerprint density at radius 1 is 0.353 bits per heavy atom. The molecule has 0 fully saturated rings. The topological polar surface area (TPSA) is 531 Å². The van der Waals surface area contributed by atoms with Crippen LogP contribution in [-0.4, -0.2) is 42.8 Å². The van der Waals surface area contributed by atoms with Crippen LogP contribution in [0.15, 0.2) is 51.4 Å². The molecule has 51 heavy (non-hydrogen) atoms. The molecule has 8 unspecified atom stereocenters. The molecule has 0 amide bonds. The Bertz CT molecular complexity index is 1250. The van der Waals surface area contributed by atoms with Crippen molar-refractivity contribution < 1.29 is 199 Å². The van der Waals surface area contributed by atoms with Gasteiger partial charge in [0.05, 0.1) is 25.0 Å². The molecule has 0 heterocycles. The van der Waals surface area contributed by atoms with Crippen LogP contribution >= 0.6 is 60.8 Å². The van der Waals surface area contributed by atoms with Crippen molar-refractivity contribution in [3.63, 3.8) is 0 Å². The van der Waals surface area contributed by atoms with E-state index in [2.05, 4.69) is 44.4 Å². The number of aliphatic hydroxyl groups is 4. The number of hydrogen-bond donors (Lipinski definition) is 4. The summed E-state index contributed by atoms with van der Waals surface area (Å²) < 4.78 is 96.5. The first-order valence-electron chi connectivity index (χ1n) is 10.1. The Morgan fingerprint density at radius 3 is 0.510 bits per heavy atom. The largest absolute Gasteiger partial charge is 4.00 e. The van der Waals surface area contributed by atoms with Crippen LogP contribution in [0.25, 0.3) is 0 Å². The van der Waals surface area contributed by atoms with Crippen LogP contribution < -0.4 is 58.7 Å². The molecule has 0 aliphatic rings. The van der Waals surface area contributed by atoms with Crippen molar-refractivity contribution in [2.75, 3.05) is 0 Å². The van der Waals surface area contributed by atoms with Gasteiger partial charge < -0.3 is 116 Å². The van der Waals surface area contributed by atoms with Gasteiger partial charge in [-0.1, -0.05) is 26.3 Å². The molecule has 39 heteroatoms. The summed E-state index contributed by atoms with van der Waals surface area (Å²) in [4.78, 5) is 122. The fourth-order valence-electron chi connectivity index (χ4n) is 1.33. The summed E-state index contributed by atoms with van der Waals surface area (Å²) in [6.07, 6.45) is 1.58. The molecule has 288 valence electrons. The molecular weight excluding hydrogens is 983 g/mol. The maximum absolute atomic E-state index is 10.5. The maximum atomic E-state index is 10.5. The van der Waals surface area contributed by atoms with Gasteiger partial charge in [0.25, 0.3) is 0 Å². The molecule has 0 aromatic rings. The Balaban J connectivity index is -0.0000000993. The third-order valence-corrected chi connectivity index (χ3v) is 16.2. The van der Waals surface area contributed by atoms with E-state index < -0.39 is 83.1 Å². The average Bonchev–Trinajstić information content (AvgIpc) is 2.85. The van der Waals surface area contributed by atoms with Crippen molar-refractivity contribution in [2.45, 2.75) is 22.3 Å². The van der Waals surface area contributed by atoms with Gasteiger partial charge in [-0.15, -0.1) is 0 Å². The van der Waals surface area contributed by atoms with E-state index in [1.54, 1.807) is 0 Å². The molecule has 0 aromatic heterocycles. The molecule has 0 aliphatic carbocycles. The van der Waals surface area contributed by atoms with Crippen molar-refractivity contribution >= 4 is 60.8 Å². The second-order valence-corrected chi connectivity index (χ2v) is 21.8. The van der Waals surface area contributed by atoms with Crippen molar-refractivity contribution in [1.82, 2.24) is 0 Å². The zero-order valence-electron chi connectivity index (χ0n) is 24.1. The molecule has 0 aliphatic heterocycles. The summed E-state index contributed by atoms with van der Waals surface area (Å²) in [7, 11) is -42.8. The third-order valence-electron chi connectivity index (χ3n) is 3.15. The Labute approximate surface area is 331 Å². The number of hydrogen-bond acceptors (Lipinski definition) is 28. The van der Waals surface area contributed by atoms with Crippen molar-refractivity contribution in [1.29, 1.82) is 0 Å².